The number of nitrogens with one attached hydrogen (secondary N) is 1. The van der Waals surface area contributed by atoms with Crippen LogP contribution >= 0.6 is 23.4 Å². The van der Waals surface area contributed by atoms with Gasteiger partial charge in [0.25, 0.3) is 0 Å². The molecule has 1 aromatic carbocycles. The number of carbonyl (C=O) groups excluding carboxylic acids is 1. The number of carbonyl (C=O) groups is 1. The molecule has 1 saturated carbocycles. The zero-order chi connectivity index (χ0) is 17.8. The van der Waals surface area contributed by atoms with Crippen LogP contribution in [0.5, 0.6) is 0 Å². The molecule has 0 saturated heterocycles. The maximum absolute atomic E-state index is 12.4. The van der Waals surface area contributed by atoms with E-state index in [0.717, 1.165) is 18.7 Å². The van der Waals surface area contributed by atoms with E-state index in [2.05, 4.69) is 15.5 Å². The van der Waals surface area contributed by atoms with Gasteiger partial charge in [-0.3, -0.25) is 4.79 Å². The molecule has 3 N–H and O–H groups in total. The molecule has 1 fully saturated rings. The minimum Gasteiger partial charge on any atom is -0.336 e. The molecule has 0 bridgehead atoms. The molecule has 1 atom stereocenters. The molecule has 8 heteroatoms. The van der Waals surface area contributed by atoms with E-state index in [-0.39, 0.29) is 11.2 Å². The number of anilines is 1. The van der Waals surface area contributed by atoms with Crippen molar-refractivity contribution < 1.29 is 4.79 Å². The van der Waals surface area contributed by atoms with Crippen LogP contribution in [0.2, 0.25) is 5.02 Å². The molecule has 2 aromatic rings. The number of hydrogen-bond donors (Lipinski definition) is 2. The number of nitrogen functional groups attached to an aromatic ring is 1. The minimum absolute atomic E-state index is 0.116. The second-order valence-electron chi connectivity index (χ2n) is 6.30. The van der Waals surface area contributed by atoms with E-state index in [1.165, 1.54) is 31.0 Å². The van der Waals surface area contributed by atoms with Crippen LogP contribution in [0.1, 0.15) is 50.8 Å². The molecule has 1 aliphatic carbocycles. The summed E-state index contributed by atoms with van der Waals surface area (Å²) in [6, 6.07) is 7.01. The Balaban J connectivity index is 1.62. The third-order valence-corrected chi connectivity index (χ3v) is 5.73. The van der Waals surface area contributed by atoms with Crippen LogP contribution in [0.3, 0.4) is 0 Å². The predicted octanol–water partition coefficient (Wildman–Crippen LogP) is 3.81. The SMILES string of the molecule is C[C@@H](Sc1nnc(C2CCCCC2)n1N)C(=O)Nc1ccc(Cl)cc1. The van der Waals surface area contributed by atoms with E-state index < -0.39 is 0 Å². The Hall–Kier alpha value is -1.73. The number of nitrogens with zero attached hydrogens (tertiary/aromatic N) is 3. The van der Waals surface area contributed by atoms with E-state index in [1.54, 1.807) is 28.9 Å². The van der Waals surface area contributed by atoms with E-state index in [1.807, 2.05) is 6.92 Å². The molecule has 1 heterocycles. The van der Waals surface area contributed by atoms with Crippen molar-refractivity contribution in [3.63, 3.8) is 0 Å². The van der Waals surface area contributed by atoms with Crippen LogP contribution in [0, 0.1) is 0 Å². The molecule has 25 heavy (non-hydrogen) atoms. The van der Waals surface area contributed by atoms with Crippen LogP contribution in [0.25, 0.3) is 0 Å². The maximum Gasteiger partial charge on any atom is 0.237 e. The Bertz CT molecular complexity index is 727. The fraction of sp³-hybridized carbons (Fsp3) is 0.471. The van der Waals surface area contributed by atoms with Crippen LogP contribution in [0.15, 0.2) is 29.4 Å². The van der Waals surface area contributed by atoms with Gasteiger partial charge in [0.2, 0.25) is 11.1 Å². The maximum atomic E-state index is 12.4. The molecule has 1 aromatic heterocycles. The molecule has 1 aliphatic rings. The lowest BCUT2D eigenvalue weighted by atomic mass is 9.89. The molecule has 0 aliphatic heterocycles. The molecule has 134 valence electrons. The van der Waals surface area contributed by atoms with Gasteiger partial charge >= 0.3 is 0 Å². The highest BCUT2D eigenvalue weighted by Gasteiger charge is 2.24. The molecule has 6 nitrogen and oxygen atoms in total. The first-order valence-electron chi connectivity index (χ1n) is 8.48. The summed E-state index contributed by atoms with van der Waals surface area (Å²) in [4.78, 5) is 12.4. The van der Waals surface area contributed by atoms with Gasteiger partial charge in [0.05, 0.1) is 5.25 Å². The zero-order valence-corrected chi connectivity index (χ0v) is 15.7. The second-order valence-corrected chi connectivity index (χ2v) is 8.05. The Morgan fingerprint density at radius 3 is 2.64 bits per heavy atom. The van der Waals surface area contributed by atoms with E-state index in [0.29, 0.717) is 21.8 Å². The standard InChI is InChI=1S/C17H22ClN5OS/c1-11(16(24)20-14-9-7-13(18)8-10-14)25-17-22-21-15(23(17)19)12-5-3-2-4-6-12/h7-12H,2-6,19H2,1H3,(H,20,24)/t11-/m1/s1. The van der Waals surface area contributed by atoms with Gasteiger partial charge in [0.15, 0.2) is 5.82 Å². The van der Waals surface area contributed by atoms with E-state index in [9.17, 15) is 4.79 Å². The molecule has 3 rings (SSSR count). The van der Waals surface area contributed by atoms with Crippen LogP contribution in [-0.4, -0.2) is 26.0 Å². The number of nitrogens with two attached hydrogens (primary N) is 1. The Kier molecular flexibility index (Phi) is 5.86. The number of amides is 1. The number of aromatic nitrogens is 3. The first-order valence-corrected chi connectivity index (χ1v) is 9.74. The summed E-state index contributed by atoms with van der Waals surface area (Å²) in [5, 5.41) is 12.2. The third kappa shape index (κ3) is 4.46. The summed E-state index contributed by atoms with van der Waals surface area (Å²) in [5.74, 6) is 7.26. The van der Waals surface area contributed by atoms with Crippen molar-refractivity contribution in [1.82, 2.24) is 14.9 Å². The number of benzene rings is 1. The van der Waals surface area contributed by atoms with E-state index in [4.69, 9.17) is 17.4 Å². The fourth-order valence-electron chi connectivity index (χ4n) is 3.00. The summed E-state index contributed by atoms with van der Waals surface area (Å²) >= 11 is 7.16. The van der Waals surface area contributed by atoms with Crippen molar-refractivity contribution in [2.75, 3.05) is 11.2 Å². The smallest absolute Gasteiger partial charge is 0.237 e. The van der Waals surface area contributed by atoms with Gasteiger partial charge in [-0.25, -0.2) is 4.68 Å². The van der Waals surface area contributed by atoms with Gasteiger partial charge in [-0.2, -0.15) is 0 Å². The molecule has 1 amide bonds. The van der Waals surface area contributed by atoms with Gasteiger partial charge < -0.3 is 11.2 Å². The lowest BCUT2D eigenvalue weighted by Gasteiger charge is -2.20. The molecular weight excluding hydrogens is 358 g/mol. The molecule has 0 spiro atoms. The quantitative estimate of drug-likeness (QED) is 0.609. The molecule has 0 unspecified atom stereocenters. The third-order valence-electron chi connectivity index (χ3n) is 4.42. The van der Waals surface area contributed by atoms with Gasteiger partial charge in [-0.15, -0.1) is 10.2 Å². The first kappa shape index (κ1) is 18.1. The number of thioether (sulfide) groups is 1. The average Bonchev–Trinajstić information content (AvgIpc) is 2.98. The number of hydrogen-bond acceptors (Lipinski definition) is 5. The van der Waals surface area contributed by atoms with Crippen molar-refractivity contribution >= 4 is 35.0 Å². The van der Waals surface area contributed by atoms with Crippen molar-refractivity contribution in [2.24, 2.45) is 0 Å². The van der Waals surface area contributed by atoms with Crippen molar-refractivity contribution in [3.05, 3.63) is 35.1 Å². The van der Waals surface area contributed by atoms with Crippen molar-refractivity contribution in [1.29, 1.82) is 0 Å². The van der Waals surface area contributed by atoms with Crippen molar-refractivity contribution in [3.8, 4) is 0 Å². The summed E-state index contributed by atoms with van der Waals surface area (Å²) in [5.41, 5.74) is 0.707. The lowest BCUT2D eigenvalue weighted by molar-refractivity contribution is -0.115. The topological polar surface area (TPSA) is 85.8 Å². The highest BCUT2D eigenvalue weighted by Crippen LogP contribution is 2.32. The van der Waals surface area contributed by atoms with Gasteiger partial charge in [0, 0.05) is 16.6 Å². The van der Waals surface area contributed by atoms with Crippen LogP contribution in [0.4, 0.5) is 5.69 Å². The average molecular weight is 380 g/mol. The fourth-order valence-corrected chi connectivity index (χ4v) is 3.90. The van der Waals surface area contributed by atoms with Crippen molar-refractivity contribution in [2.45, 2.75) is 55.4 Å². The normalized spacial score (nSPS) is 16.6. The Morgan fingerprint density at radius 1 is 1.28 bits per heavy atom. The lowest BCUT2D eigenvalue weighted by Crippen LogP contribution is -2.24. The van der Waals surface area contributed by atoms with Gasteiger partial charge in [0.1, 0.15) is 0 Å². The minimum atomic E-state index is -0.346. The Labute approximate surface area is 156 Å². The first-order chi connectivity index (χ1) is 12.0. The number of rotatable bonds is 5. The summed E-state index contributed by atoms with van der Waals surface area (Å²) in [6.45, 7) is 1.82. The number of halogens is 1. The molecule has 0 radical (unpaired) electrons. The highest BCUT2D eigenvalue weighted by atomic mass is 35.5. The monoisotopic (exact) mass is 379 g/mol. The second kappa shape index (κ2) is 8.10. The van der Waals surface area contributed by atoms with E-state index >= 15 is 0 Å². The summed E-state index contributed by atoms with van der Waals surface area (Å²) < 4.78 is 1.55. The molecular formula is C17H22ClN5OS. The Morgan fingerprint density at radius 2 is 1.96 bits per heavy atom. The van der Waals surface area contributed by atoms with Gasteiger partial charge in [-0.05, 0) is 44.0 Å². The largest absolute Gasteiger partial charge is 0.336 e. The van der Waals surface area contributed by atoms with Crippen LogP contribution in [-0.2, 0) is 4.79 Å². The summed E-state index contributed by atoms with van der Waals surface area (Å²) in [7, 11) is 0. The predicted molar refractivity (Wildman–Crippen MR) is 101 cm³/mol. The highest BCUT2D eigenvalue weighted by molar-refractivity contribution is 8.00. The summed E-state index contributed by atoms with van der Waals surface area (Å²) in [6.07, 6.45) is 5.90. The van der Waals surface area contributed by atoms with Gasteiger partial charge in [-0.1, -0.05) is 42.6 Å². The van der Waals surface area contributed by atoms with Crippen LogP contribution < -0.4 is 11.2 Å². The zero-order valence-electron chi connectivity index (χ0n) is 14.1.